The van der Waals surface area contributed by atoms with E-state index in [1.54, 1.807) is 24.5 Å². The van der Waals surface area contributed by atoms with E-state index in [1.165, 1.54) is 0 Å². The Balaban J connectivity index is 1.59. The highest BCUT2D eigenvalue weighted by molar-refractivity contribution is 7.10. The van der Waals surface area contributed by atoms with Crippen molar-refractivity contribution in [1.29, 1.82) is 0 Å². The average molecular weight is 364 g/mol. The minimum Gasteiger partial charge on any atom is -0.496 e. The van der Waals surface area contributed by atoms with Gasteiger partial charge in [-0.05, 0) is 35.7 Å². The molecule has 130 valence electrons. The summed E-state index contributed by atoms with van der Waals surface area (Å²) in [7, 11) is 1.61. The van der Waals surface area contributed by atoms with Gasteiger partial charge in [0.15, 0.2) is 5.58 Å². The number of thiophene rings is 1. The second kappa shape index (κ2) is 7.01. The van der Waals surface area contributed by atoms with Gasteiger partial charge in [0.25, 0.3) is 0 Å². The van der Waals surface area contributed by atoms with E-state index in [0.29, 0.717) is 29.3 Å². The van der Waals surface area contributed by atoms with Crippen LogP contribution in [0, 0.1) is 0 Å². The fourth-order valence-corrected chi connectivity index (χ4v) is 3.42. The Kier molecular flexibility index (Phi) is 4.41. The maximum absolute atomic E-state index is 12.2. The Morgan fingerprint density at radius 1 is 1.19 bits per heavy atom. The number of methoxy groups -OCH3 is 1. The fourth-order valence-electron chi connectivity index (χ4n) is 2.72. The third-order valence-corrected chi connectivity index (χ3v) is 4.80. The number of carbonyl (C=O) groups is 1. The minimum absolute atomic E-state index is 0.0590. The minimum atomic E-state index is -0.0590. The Labute approximate surface area is 154 Å². The van der Waals surface area contributed by atoms with Gasteiger partial charge in [-0.3, -0.25) is 4.79 Å². The number of benzene rings is 2. The largest absolute Gasteiger partial charge is 0.496 e. The smallest absolute Gasteiger partial charge is 0.231 e. The number of anilines is 1. The Bertz CT molecular complexity index is 1050. The van der Waals surface area contributed by atoms with Crippen LogP contribution in [0.25, 0.3) is 22.6 Å². The summed E-state index contributed by atoms with van der Waals surface area (Å²) < 4.78 is 11.3. The summed E-state index contributed by atoms with van der Waals surface area (Å²) in [6.07, 6.45) is 0.360. The summed E-state index contributed by atoms with van der Waals surface area (Å²) in [5.74, 6) is 1.12. The number of aromatic nitrogens is 1. The third-order valence-electron chi connectivity index (χ3n) is 3.92. The summed E-state index contributed by atoms with van der Waals surface area (Å²) in [6.45, 7) is 0. The van der Waals surface area contributed by atoms with Crippen LogP contribution in [-0.2, 0) is 11.2 Å². The topological polar surface area (TPSA) is 64.4 Å². The zero-order valence-corrected chi connectivity index (χ0v) is 14.9. The van der Waals surface area contributed by atoms with Crippen molar-refractivity contribution in [2.75, 3.05) is 12.4 Å². The maximum Gasteiger partial charge on any atom is 0.231 e. The molecule has 26 heavy (non-hydrogen) atoms. The quantitative estimate of drug-likeness (QED) is 0.555. The fraction of sp³-hybridized carbons (Fsp3) is 0.100. The van der Waals surface area contributed by atoms with Crippen LogP contribution in [0.4, 0.5) is 5.69 Å². The molecular weight excluding hydrogens is 348 g/mol. The summed E-state index contributed by atoms with van der Waals surface area (Å²) in [5.41, 5.74) is 2.80. The zero-order valence-electron chi connectivity index (χ0n) is 14.1. The van der Waals surface area contributed by atoms with Crippen molar-refractivity contribution in [2.45, 2.75) is 6.42 Å². The summed E-state index contributed by atoms with van der Waals surface area (Å²) in [5, 5.41) is 4.86. The first-order valence-electron chi connectivity index (χ1n) is 8.09. The Morgan fingerprint density at radius 2 is 2.08 bits per heavy atom. The number of oxazole rings is 1. The van der Waals surface area contributed by atoms with Crippen LogP contribution in [-0.4, -0.2) is 18.0 Å². The molecule has 0 saturated carbocycles. The number of ether oxygens (including phenoxy) is 1. The van der Waals surface area contributed by atoms with Crippen LogP contribution < -0.4 is 10.1 Å². The van der Waals surface area contributed by atoms with Gasteiger partial charge in [-0.15, -0.1) is 11.3 Å². The molecule has 0 unspecified atom stereocenters. The van der Waals surface area contributed by atoms with Crippen molar-refractivity contribution >= 4 is 34.0 Å². The molecule has 2 aromatic heterocycles. The molecule has 0 atom stereocenters. The molecule has 2 heterocycles. The Hall–Kier alpha value is -3.12. The molecule has 6 heteroatoms. The number of carbonyl (C=O) groups excluding carboxylic acids is 1. The number of nitrogens with one attached hydrogen (secondary N) is 1. The first kappa shape index (κ1) is 16.4. The lowest BCUT2D eigenvalue weighted by Crippen LogP contribution is -2.13. The van der Waals surface area contributed by atoms with E-state index < -0.39 is 0 Å². The molecule has 1 N–H and O–H groups in total. The molecule has 0 aliphatic carbocycles. The monoisotopic (exact) mass is 364 g/mol. The molecule has 0 radical (unpaired) electrons. The van der Waals surface area contributed by atoms with Crippen LogP contribution in [0.15, 0.2) is 64.4 Å². The summed E-state index contributed by atoms with van der Waals surface area (Å²) >= 11 is 1.57. The lowest BCUT2D eigenvalue weighted by Gasteiger charge is -2.04. The first-order valence-corrected chi connectivity index (χ1v) is 8.97. The van der Waals surface area contributed by atoms with Gasteiger partial charge in [0.2, 0.25) is 11.8 Å². The number of fused-ring (bicyclic) bond motifs is 1. The van der Waals surface area contributed by atoms with Crippen LogP contribution in [0.3, 0.4) is 0 Å². The van der Waals surface area contributed by atoms with E-state index in [1.807, 2.05) is 53.9 Å². The van der Waals surface area contributed by atoms with Crippen LogP contribution in [0.2, 0.25) is 0 Å². The standard InChI is InChI=1S/C20H16N2O3S/c1-24-17-7-3-2-6-15(17)20-22-16-9-8-13(11-18(16)25-20)21-19(23)12-14-5-4-10-26-14/h2-11H,12H2,1H3,(H,21,23). The second-order valence-electron chi connectivity index (χ2n) is 5.71. The lowest BCUT2D eigenvalue weighted by molar-refractivity contribution is -0.115. The number of rotatable bonds is 5. The Morgan fingerprint density at radius 3 is 2.88 bits per heavy atom. The van der Waals surface area contributed by atoms with Gasteiger partial charge in [0.1, 0.15) is 11.3 Å². The first-order chi connectivity index (χ1) is 12.7. The van der Waals surface area contributed by atoms with E-state index in [4.69, 9.17) is 9.15 Å². The van der Waals surface area contributed by atoms with Gasteiger partial charge in [-0.25, -0.2) is 4.98 Å². The van der Waals surface area contributed by atoms with Crippen molar-refractivity contribution in [2.24, 2.45) is 0 Å². The highest BCUT2D eigenvalue weighted by atomic mass is 32.1. The van der Waals surface area contributed by atoms with Crippen molar-refractivity contribution in [3.05, 3.63) is 64.9 Å². The number of hydrogen-bond donors (Lipinski definition) is 1. The van der Waals surface area contributed by atoms with E-state index >= 15 is 0 Å². The van der Waals surface area contributed by atoms with Crippen molar-refractivity contribution in [3.63, 3.8) is 0 Å². The molecule has 2 aromatic carbocycles. The molecular formula is C20H16N2O3S. The molecule has 0 saturated heterocycles. The van der Waals surface area contributed by atoms with Crippen LogP contribution in [0.1, 0.15) is 4.88 Å². The number of hydrogen-bond acceptors (Lipinski definition) is 5. The van der Waals surface area contributed by atoms with Gasteiger partial charge >= 0.3 is 0 Å². The van der Waals surface area contributed by atoms with Gasteiger partial charge in [-0.1, -0.05) is 18.2 Å². The molecule has 0 bridgehead atoms. The summed E-state index contributed by atoms with van der Waals surface area (Å²) in [4.78, 5) is 17.7. The molecule has 4 aromatic rings. The molecule has 4 rings (SSSR count). The van der Waals surface area contributed by atoms with E-state index in [-0.39, 0.29) is 5.91 Å². The average Bonchev–Trinajstić information content (AvgIpc) is 3.30. The lowest BCUT2D eigenvalue weighted by atomic mass is 10.2. The highest BCUT2D eigenvalue weighted by Gasteiger charge is 2.13. The normalized spacial score (nSPS) is 10.8. The van der Waals surface area contributed by atoms with Gasteiger partial charge in [0.05, 0.1) is 19.1 Å². The third kappa shape index (κ3) is 3.32. The van der Waals surface area contributed by atoms with Gasteiger partial charge in [0, 0.05) is 16.6 Å². The molecule has 0 aliphatic heterocycles. The SMILES string of the molecule is COc1ccccc1-c1nc2ccc(NC(=O)Cc3cccs3)cc2o1. The molecule has 0 spiro atoms. The molecule has 0 aliphatic rings. The number of amides is 1. The predicted octanol–water partition coefficient (Wildman–Crippen LogP) is 4.75. The predicted molar refractivity (Wildman–Crippen MR) is 103 cm³/mol. The van der Waals surface area contributed by atoms with Crippen LogP contribution >= 0.6 is 11.3 Å². The number of nitrogens with zero attached hydrogens (tertiary/aromatic N) is 1. The van der Waals surface area contributed by atoms with E-state index in [9.17, 15) is 4.79 Å². The molecule has 5 nitrogen and oxygen atoms in total. The second-order valence-corrected chi connectivity index (χ2v) is 6.74. The van der Waals surface area contributed by atoms with Crippen LogP contribution in [0.5, 0.6) is 5.75 Å². The molecule has 1 amide bonds. The molecule has 0 fully saturated rings. The van der Waals surface area contributed by atoms with Crippen molar-refractivity contribution in [3.8, 4) is 17.2 Å². The van der Waals surface area contributed by atoms with Gasteiger partial charge < -0.3 is 14.5 Å². The van der Waals surface area contributed by atoms with Gasteiger partial charge in [-0.2, -0.15) is 0 Å². The zero-order chi connectivity index (χ0) is 17.9. The van der Waals surface area contributed by atoms with E-state index in [2.05, 4.69) is 10.3 Å². The van der Waals surface area contributed by atoms with E-state index in [0.717, 1.165) is 16.0 Å². The number of para-hydroxylation sites is 1. The van der Waals surface area contributed by atoms with Crippen molar-refractivity contribution in [1.82, 2.24) is 4.98 Å². The summed E-state index contributed by atoms with van der Waals surface area (Å²) in [6, 6.07) is 16.9. The highest BCUT2D eigenvalue weighted by Crippen LogP contribution is 2.32. The maximum atomic E-state index is 12.2. The van der Waals surface area contributed by atoms with Crippen molar-refractivity contribution < 1.29 is 13.9 Å².